The van der Waals surface area contributed by atoms with E-state index >= 15 is 0 Å². The molecule has 168 valence electrons. The minimum absolute atomic E-state index is 0.0250. The number of halogens is 1. The van der Waals surface area contributed by atoms with Crippen molar-refractivity contribution in [1.82, 2.24) is 9.29 Å². The van der Waals surface area contributed by atoms with Gasteiger partial charge < -0.3 is 4.74 Å². The van der Waals surface area contributed by atoms with Crippen molar-refractivity contribution in [2.45, 2.75) is 24.2 Å². The number of piperidine rings is 1. The lowest BCUT2D eigenvalue weighted by Gasteiger charge is -2.26. The van der Waals surface area contributed by atoms with Gasteiger partial charge in [-0.3, -0.25) is 10.1 Å². The van der Waals surface area contributed by atoms with Crippen LogP contribution in [0.4, 0.5) is 9.52 Å². The van der Waals surface area contributed by atoms with E-state index in [4.69, 9.17) is 4.74 Å². The summed E-state index contributed by atoms with van der Waals surface area (Å²) in [6.45, 7) is 0.896. The molecule has 1 aliphatic heterocycles. The Bertz CT molecular complexity index is 1240. The van der Waals surface area contributed by atoms with Crippen molar-refractivity contribution in [1.29, 1.82) is 0 Å². The van der Waals surface area contributed by atoms with E-state index in [2.05, 4.69) is 10.3 Å². The van der Waals surface area contributed by atoms with Crippen LogP contribution in [0.3, 0.4) is 0 Å². The van der Waals surface area contributed by atoms with Crippen molar-refractivity contribution >= 4 is 32.4 Å². The van der Waals surface area contributed by atoms with Gasteiger partial charge in [0.2, 0.25) is 10.0 Å². The zero-order valence-corrected chi connectivity index (χ0v) is 19.0. The lowest BCUT2D eigenvalue weighted by atomic mass is 10.1. The van der Waals surface area contributed by atoms with Gasteiger partial charge in [-0.1, -0.05) is 18.6 Å². The smallest absolute Gasteiger partial charge is 0.258 e. The summed E-state index contributed by atoms with van der Waals surface area (Å²) in [5, 5.41) is 4.60. The van der Waals surface area contributed by atoms with Crippen LogP contribution >= 0.6 is 11.3 Å². The number of carbonyl (C=O) groups is 1. The number of hydrogen-bond acceptors (Lipinski definition) is 6. The van der Waals surface area contributed by atoms with Gasteiger partial charge in [-0.2, -0.15) is 4.31 Å². The first-order chi connectivity index (χ1) is 15.4. The third-order valence-electron chi connectivity index (χ3n) is 5.23. The van der Waals surface area contributed by atoms with Crippen LogP contribution in [0.1, 0.15) is 29.6 Å². The molecule has 0 radical (unpaired) electrons. The molecule has 0 bridgehead atoms. The molecule has 1 N–H and O–H groups in total. The molecule has 0 spiro atoms. The SMILES string of the molecule is COc1ccc(F)cc1-c1csc(NC(=O)c2ccccc2S(=O)(=O)N2CCCCC2)n1. The third kappa shape index (κ3) is 4.52. The molecule has 1 aliphatic rings. The van der Waals surface area contributed by atoms with E-state index in [-0.39, 0.29) is 15.6 Å². The molecule has 3 aromatic rings. The number of methoxy groups -OCH3 is 1. The zero-order valence-electron chi connectivity index (χ0n) is 17.4. The number of nitrogens with zero attached hydrogens (tertiary/aromatic N) is 2. The summed E-state index contributed by atoms with van der Waals surface area (Å²) in [6, 6.07) is 10.3. The van der Waals surface area contributed by atoms with E-state index in [9.17, 15) is 17.6 Å². The fourth-order valence-corrected chi connectivity index (χ4v) is 6.04. The van der Waals surface area contributed by atoms with Crippen LogP contribution in [0, 0.1) is 5.82 Å². The quantitative estimate of drug-likeness (QED) is 0.571. The van der Waals surface area contributed by atoms with Crippen LogP contribution in [0.2, 0.25) is 0 Å². The molecule has 2 heterocycles. The van der Waals surface area contributed by atoms with Crippen LogP contribution in [0.15, 0.2) is 52.7 Å². The maximum absolute atomic E-state index is 13.7. The predicted molar refractivity (Wildman–Crippen MR) is 121 cm³/mol. The minimum Gasteiger partial charge on any atom is -0.496 e. The summed E-state index contributed by atoms with van der Waals surface area (Å²) in [4.78, 5) is 17.3. The Morgan fingerprint density at radius 1 is 1.16 bits per heavy atom. The highest BCUT2D eigenvalue weighted by atomic mass is 32.2. The molecule has 0 atom stereocenters. The van der Waals surface area contributed by atoms with E-state index in [1.54, 1.807) is 17.5 Å². The van der Waals surface area contributed by atoms with E-state index < -0.39 is 21.7 Å². The van der Waals surface area contributed by atoms with Crippen LogP contribution in [0.5, 0.6) is 5.75 Å². The molecule has 7 nitrogen and oxygen atoms in total. The Hall–Kier alpha value is -2.82. The molecule has 2 aromatic carbocycles. The first kappa shape index (κ1) is 22.4. The molecule has 10 heteroatoms. The Kier molecular flexibility index (Phi) is 6.54. The summed E-state index contributed by atoms with van der Waals surface area (Å²) in [6.07, 6.45) is 2.61. The normalized spacial score (nSPS) is 14.8. The first-order valence-corrected chi connectivity index (χ1v) is 12.4. The second-order valence-corrected chi connectivity index (χ2v) is 10.1. The van der Waals surface area contributed by atoms with Gasteiger partial charge >= 0.3 is 0 Å². The molecule has 1 fully saturated rings. The standard InChI is InChI=1S/C22H22FN3O4S2/c1-30-19-10-9-15(23)13-17(19)18-14-31-22(24-18)25-21(27)16-7-3-4-8-20(16)32(28,29)26-11-5-2-6-12-26/h3-4,7-10,13-14H,2,5-6,11-12H2,1H3,(H,24,25,27). The van der Waals surface area contributed by atoms with E-state index in [0.29, 0.717) is 30.1 Å². The minimum atomic E-state index is -3.78. The molecule has 32 heavy (non-hydrogen) atoms. The number of hydrogen-bond donors (Lipinski definition) is 1. The molecule has 0 saturated carbocycles. The summed E-state index contributed by atoms with van der Waals surface area (Å²) in [7, 11) is -2.31. The average molecular weight is 476 g/mol. The Balaban J connectivity index is 1.60. The third-order valence-corrected chi connectivity index (χ3v) is 7.94. The number of anilines is 1. The lowest BCUT2D eigenvalue weighted by molar-refractivity contribution is 0.102. The van der Waals surface area contributed by atoms with Gasteiger partial charge in [-0.05, 0) is 43.2 Å². The summed E-state index contributed by atoms with van der Waals surface area (Å²) in [5.74, 6) is -0.558. The van der Waals surface area contributed by atoms with E-state index in [1.165, 1.54) is 41.7 Å². The largest absolute Gasteiger partial charge is 0.496 e. The monoisotopic (exact) mass is 475 g/mol. The van der Waals surface area contributed by atoms with Crippen LogP contribution in [-0.4, -0.2) is 43.8 Å². The molecule has 0 aliphatic carbocycles. The molecular weight excluding hydrogens is 453 g/mol. The first-order valence-electron chi connectivity index (χ1n) is 10.1. The van der Waals surface area contributed by atoms with Crippen LogP contribution < -0.4 is 10.1 Å². The highest BCUT2D eigenvalue weighted by Crippen LogP contribution is 2.33. The van der Waals surface area contributed by atoms with Crippen LogP contribution in [0.25, 0.3) is 11.3 Å². The maximum Gasteiger partial charge on any atom is 0.258 e. The summed E-state index contributed by atoms with van der Waals surface area (Å²) in [5.41, 5.74) is 0.950. The average Bonchev–Trinajstić information content (AvgIpc) is 3.28. The predicted octanol–water partition coefficient (Wildman–Crippen LogP) is 4.38. The number of carbonyl (C=O) groups excluding carboxylic acids is 1. The number of benzene rings is 2. The van der Waals surface area contributed by atoms with Crippen molar-refractivity contribution in [3.8, 4) is 17.0 Å². The number of ether oxygens (including phenoxy) is 1. The van der Waals surface area contributed by atoms with Gasteiger partial charge in [-0.25, -0.2) is 17.8 Å². The molecule has 1 saturated heterocycles. The highest BCUT2D eigenvalue weighted by Gasteiger charge is 2.30. The van der Waals surface area contributed by atoms with Crippen molar-refractivity contribution in [2.75, 3.05) is 25.5 Å². The van der Waals surface area contributed by atoms with Gasteiger partial charge in [0.05, 0.1) is 23.3 Å². The Labute approximate surface area is 189 Å². The van der Waals surface area contributed by atoms with Gasteiger partial charge in [-0.15, -0.1) is 11.3 Å². The van der Waals surface area contributed by atoms with Gasteiger partial charge in [0.15, 0.2) is 5.13 Å². The molecule has 0 unspecified atom stereocenters. The van der Waals surface area contributed by atoms with Crippen molar-refractivity contribution in [2.24, 2.45) is 0 Å². The van der Waals surface area contributed by atoms with Gasteiger partial charge in [0.1, 0.15) is 11.6 Å². The fraction of sp³-hybridized carbons (Fsp3) is 0.273. The Morgan fingerprint density at radius 2 is 1.91 bits per heavy atom. The van der Waals surface area contributed by atoms with E-state index in [1.807, 2.05) is 0 Å². The maximum atomic E-state index is 13.7. The van der Waals surface area contributed by atoms with Crippen molar-refractivity contribution in [3.63, 3.8) is 0 Å². The van der Waals surface area contributed by atoms with Crippen LogP contribution in [-0.2, 0) is 10.0 Å². The Morgan fingerprint density at radius 3 is 2.66 bits per heavy atom. The second kappa shape index (κ2) is 9.35. The van der Waals surface area contributed by atoms with Gasteiger partial charge in [0.25, 0.3) is 5.91 Å². The van der Waals surface area contributed by atoms with Crippen molar-refractivity contribution in [3.05, 3.63) is 59.2 Å². The highest BCUT2D eigenvalue weighted by molar-refractivity contribution is 7.89. The molecular formula is C22H22FN3O4S2. The van der Waals surface area contributed by atoms with Crippen molar-refractivity contribution < 1.29 is 22.3 Å². The van der Waals surface area contributed by atoms with E-state index in [0.717, 1.165) is 30.6 Å². The summed E-state index contributed by atoms with van der Waals surface area (Å²) >= 11 is 1.15. The number of nitrogens with one attached hydrogen (secondary N) is 1. The molecule has 1 amide bonds. The fourth-order valence-electron chi connectivity index (χ4n) is 3.62. The van der Waals surface area contributed by atoms with Gasteiger partial charge in [0, 0.05) is 24.0 Å². The number of sulfonamides is 1. The zero-order chi connectivity index (χ0) is 22.7. The second-order valence-electron chi connectivity index (χ2n) is 7.30. The number of amides is 1. The molecule has 4 rings (SSSR count). The molecule has 1 aromatic heterocycles. The lowest BCUT2D eigenvalue weighted by Crippen LogP contribution is -2.36. The number of thiazole rings is 1. The topological polar surface area (TPSA) is 88.6 Å². The number of rotatable bonds is 6. The summed E-state index contributed by atoms with van der Waals surface area (Å²) < 4.78 is 46.7. The number of aromatic nitrogens is 1.